The van der Waals surface area contributed by atoms with Crippen LogP contribution >= 0.6 is 0 Å². The molecule has 0 radical (unpaired) electrons. The maximum Gasteiger partial charge on any atom is 0.251 e. The number of aliphatic hydroxyl groups is 1. The van der Waals surface area contributed by atoms with Gasteiger partial charge in [-0.15, -0.1) is 0 Å². The van der Waals surface area contributed by atoms with E-state index in [1.807, 2.05) is 0 Å². The summed E-state index contributed by atoms with van der Waals surface area (Å²) in [6, 6.07) is 4.31. The molecule has 1 fully saturated rings. The molecule has 2 rings (SSSR count). The molecule has 5 nitrogen and oxygen atoms in total. The Hall–Kier alpha value is -1.95. The fraction of sp³-hybridized carbons (Fsp3) is 0.467. The number of carbonyl (C=O) groups excluding carboxylic acids is 2. The predicted octanol–water partition coefficient (Wildman–Crippen LogP) is 0.831. The second-order valence-electron chi connectivity index (χ2n) is 5.40. The highest BCUT2D eigenvalue weighted by Gasteiger charge is 2.27. The van der Waals surface area contributed by atoms with Crippen LogP contribution in [0.3, 0.4) is 0 Å². The number of aliphatic hydroxyl groups excluding tert-OH is 1. The molecule has 0 aliphatic heterocycles. The number of amides is 2. The van der Waals surface area contributed by atoms with Crippen molar-refractivity contribution in [2.24, 2.45) is 5.92 Å². The van der Waals surface area contributed by atoms with E-state index >= 15 is 0 Å². The highest BCUT2D eigenvalue weighted by Crippen LogP contribution is 2.27. The van der Waals surface area contributed by atoms with Crippen molar-refractivity contribution in [3.63, 3.8) is 0 Å². The third-order valence-electron chi connectivity index (χ3n) is 3.47. The van der Waals surface area contributed by atoms with Gasteiger partial charge in [-0.3, -0.25) is 9.59 Å². The molecular weight excluding hydrogens is 275 g/mol. The Morgan fingerprint density at radius 1 is 1.33 bits per heavy atom. The van der Waals surface area contributed by atoms with Crippen LogP contribution in [-0.4, -0.2) is 35.6 Å². The molecule has 2 amide bonds. The second-order valence-corrected chi connectivity index (χ2v) is 5.40. The average Bonchev–Trinajstić information content (AvgIpc) is 3.28. The van der Waals surface area contributed by atoms with Crippen molar-refractivity contribution < 1.29 is 19.1 Å². The molecule has 2 unspecified atom stereocenters. The Morgan fingerprint density at radius 3 is 2.52 bits per heavy atom. The molecule has 114 valence electrons. The summed E-state index contributed by atoms with van der Waals surface area (Å²) in [6.07, 6.45) is 0.897. The van der Waals surface area contributed by atoms with E-state index in [2.05, 4.69) is 10.6 Å². The first-order chi connectivity index (χ1) is 9.97. The SMILES string of the molecule is CC(NC(=O)c1ccc(F)cc1)C(O)C(=O)NCC1CC1. The van der Waals surface area contributed by atoms with Crippen LogP contribution < -0.4 is 10.6 Å². The fourth-order valence-electron chi connectivity index (χ4n) is 1.87. The second kappa shape index (κ2) is 6.67. The van der Waals surface area contributed by atoms with E-state index in [1.165, 1.54) is 24.3 Å². The normalized spacial score (nSPS) is 16.9. The van der Waals surface area contributed by atoms with E-state index in [0.717, 1.165) is 12.8 Å². The Bertz CT molecular complexity index is 514. The molecule has 0 saturated heterocycles. The van der Waals surface area contributed by atoms with Gasteiger partial charge < -0.3 is 15.7 Å². The average molecular weight is 294 g/mol. The van der Waals surface area contributed by atoms with Crippen LogP contribution in [0, 0.1) is 11.7 Å². The summed E-state index contributed by atoms with van der Waals surface area (Å²) in [5.74, 6) is -0.866. The molecule has 0 aromatic heterocycles. The first kappa shape index (κ1) is 15.4. The minimum atomic E-state index is -1.31. The summed E-state index contributed by atoms with van der Waals surface area (Å²) in [6.45, 7) is 2.11. The minimum Gasteiger partial charge on any atom is -0.381 e. The lowest BCUT2D eigenvalue weighted by molar-refractivity contribution is -0.130. The fourth-order valence-corrected chi connectivity index (χ4v) is 1.87. The zero-order valence-corrected chi connectivity index (χ0v) is 11.8. The van der Waals surface area contributed by atoms with Crippen molar-refractivity contribution in [1.29, 1.82) is 0 Å². The van der Waals surface area contributed by atoms with Crippen LogP contribution in [0.5, 0.6) is 0 Å². The summed E-state index contributed by atoms with van der Waals surface area (Å²) >= 11 is 0. The molecule has 21 heavy (non-hydrogen) atoms. The maximum absolute atomic E-state index is 12.8. The third-order valence-corrected chi connectivity index (χ3v) is 3.47. The zero-order chi connectivity index (χ0) is 15.4. The van der Waals surface area contributed by atoms with Crippen LogP contribution in [0.15, 0.2) is 24.3 Å². The van der Waals surface area contributed by atoms with Crippen molar-refractivity contribution in [3.05, 3.63) is 35.6 Å². The number of nitrogens with one attached hydrogen (secondary N) is 2. The van der Waals surface area contributed by atoms with Gasteiger partial charge in [-0.1, -0.05) is 0 Å². The first-order valence-corrected chi connectivity index (χ1v) is 6.99. The molecule has 3 N–H and O–H groups in total. The lowest BCUT2D eigenvalue weighted by Crippen LogP contribution is -2.49. The summed E-state index contributed by atoms with van der Waals surface area (Å²) in [5, 5.41) is 15.1. The molecule has 2 atom stereocenters. The van der Waals surface area contributed by atoms with Gasteiger partial charge in [-0.25, -0.2) is 4.39 Å². The van der Waals surface area contributed by atoms with Gasteiger partial charge >= 0.3 is 0 Å². The molecule has 1 aliphatic rings. The van der Waals surface area contributed by atoms with Crippen molar-refractivity contribution in [1.82, 2.24) is 10.6 Å². The quantitative estimate of drug-likeness (QED) is 0.727. The van der Waals surface area contributed by atoms with E-state index in [-0.39, 0.29) is 5.56 Å². The topological polar surface area (TPSA) is 78.4 Å². The van der Waals surface area contributed by atoms with Crippen molar-refractivity contribution in [2.45, 2.75) is 31.9 Å². The number of benzene rings is 1. The molecule has 1 aromatic carbocycles. The number of halogens is 1. The molecule has 1 aromatic rings. The van der Waals surface area contributed by atoms with E-state index in [9.17, 15) is 19.1 Å². The number of rotatable bonds is 6. The van der Waals surface area contributed by atoms with Gasteiger partial charge in [0, 0.05) is 12.1 Å². The monoisotopic (exact) mass is 294 g/mol. The molecule has 0 bridgehead atoms. The first-order valence-electron chi connectivity index (χ1n) is 6.99. The van der Waals surface area contributed by atoms with Gasteiger partial charge in [0.1, 0.15) is 5.82 Å². The molecule has 1 saturated carbocycles. The molecule has 0 spiro atoms. The lowest BCUT2D eigenvalue weighted by Gasteiger charge is -2.19. The molecule has 0 heterocycles. The predicted molar refractivity (Wildman–Crippen MR) is 75.1 cm³/mol. The lowest BCUT2D eigenvalue weighted by atomic mass is 10.1. The standard InChI is InChI=1S/C15H19FN2O3/c1-9(13(19)15(21)17-8-10-2-3-10)18-14(20)11-4-6-12(16)7-5-11/h4-7,9-10,13,19H,2-3,8H2,1H3,(H,17,21)(H,18,20). The minimum absolute atomic E-state index is 0.272. The van der Waals surface area contributed by atoms with E-state index < -0.39 is 29.8 Å². The number of hydrogen-bond acceptors (Lipinski definition) is 3. The molecule has 1 aliphatic carbocycles. The van der Waals surface area contributed by atoms with Gasteiger partial charge in [0.05, 0.1) is 6.04 Å². The van der Waals surface area contributed by atoms with Gasteiger partial charge in [0.2, 0.25) is 0 Å². The van der Waals surface area contributed by atoms with Crippen molar-refractivity contribution in [3.8, 4) is 0 Å². The molecular formula is C15H19FN2O3. The Morgan fingerprint density at radius 2 is 1.95 bits per heavy atom. The Kier molecular flexibility index (Phi) is 4.90. The van der Waals surface area contributed by atoms with Crippen LogP contribution in [0.4, 0.5) is 4.39 Å². The smallest absolute Gasteiger partial charge is 0.251 e. The summed E-state index contributed by atoms with van der Waals surface area (Å²) in [4.78, 5) is 23.6. The highest BCUT2D eigenvalue weighted by atomic mass is 19.1. The maximum atomic E-state index is 12.8. The van der Waals surface area contributed by atoms with Gasteiger partial charge in [-0.2, -0.15) is 0 Å². The summed E-state index contributed by atoms with van der Waals surface area (Å²) in [7, 11) is 0. The third kappa shape index (κ3) is 4.53. The van der Waals surface area contributed by atoms with Crippen molar-refractivity contribution in [2.75, 3.05) is 6.54 Å². The van der Waals surface area contributed by atoms with E-state index in [0.29, 0.717) is 12.5 Å². The summed E-state index contributed by atoms with van der Waals surface area (Å²) < 4.78 is 12.8. The Labute approximate surface area is 122 Å². The Balaban J connectivity index is 1.83. The van der Waals surface area contributed by atoms with Crippen LogP contribution in [0.2, 0.25) is 0 Å². The van der Waals surface area contributed by atoms with Crippen LogP contribution in [0.1, 0.15) is 30.1 Å². The number of hydrogen-bond donors (Lipinski definition) is 3. The number of carbonyl (C=O) groups is 2. The van der Waals surface area contributed by atoms with Crippen LogP contribution in [0.25, 0.3) is 0 Å². The van der Waals surface area contributed by atoms with Crippen molar-refractivity contribution >= 4 is 11.8 Å². The largest absolute Gasteiger partial charge is 0.381 e. The zero-order valence-electron chi connectivity index (χ0n) is 11.8. The van der Waals surface area contributed by atoms with Gasteiger partial charge in [0.25, 0.3) is 11.8 Å². The molecule has 6 heteroatoms. The highest BCUT2D eigenvalue weighted by molar-refractivity contribution is 5.94. The van der Waals surface area contributed by atoms with Gasteiger partial charge in [-0.05, 0) is 49.9 Å². The van der Waals surface area contributed by atoms with E-state index in [1.54, 1.807) is 6.92 Å². The van der Waals surface area contributed by atoms with E-state index in [4.69, 9.17) is 0 Å². The summed E-state index contributed by atoms with van der Waals surface area (Å²) in [5.41, 5.74) is 0.272. The van der Waals surface area contributed by atoms with Gasteiger partial charge in [0.15, 0.2) is 6.10 Å². The van der Waals surface area contributed by atoms with Crippen LogP contribution in [-0.2, 0) is 4.79 Å².